The van der Waals surface area contributed by atoms with Gasteiger partial charge in [0.2, 0.25) is 0 Å². The number of thiazole rings is 1. The molecular formula is C41H46N6O3S. The summed E-state index contributed by atoms with van der Waals surface area (Å²) in [4.78, 5) is 37.6. The summed E-state index contributed by atoms with van der Waals surface area (Å²) in [6.45, 7) is 14.1. The second-order valence-electron chi connectivity index (χ2n) is 17.4. The standard InChI is InChI=1S/C41H46N6O3S/c1-38(2)20-40(5)21-39(3,4)23-41(22-38,24-40)25-47-18-27(17-42-47)28-13-14-33(44-34(28)36(49)50)46-16-15-26-9-8-10-29(30(26)19-46)35(48)45-37-43-31-11-6-7-12-32(31)51-37/h6-14,17-18H,15-16,19-25H2,1-5H3,(H,49,50)(H,43,45,48). The Hall–Kier alpha value is -4.57. The molecule has 10 heteroatoms. The quantitative estimate of drug-likeness (QED) is 0.174. The fourth-order valence-electron chi connectivity index (χ4n) is 10.9. The number of amides is 1. The molecule has 0 spiro atoms. The van der Waals surface area contributed by atoms with Crippen LogP contribution in [0.5, 0.6) is 0 Å². The zero-order valence-corrected chi connectivity index (χ0v) is 30.9. The van der Waals surface area contributed by atoms with Crippen molar-refractivity contribution in [3.05, 3.63) is 89.4 Å². The van der Waals surface area contributed by atoms with Gasteiger partial charge < -0.3 is 10.0 Å². The van der Waals surface area contributed by atoms with Crippen LogP contribution in [0.1, 0.15) is 98.7 Å². The van der Waals surface area contributed by atoms with Gasteiger partial charge in [0.15, 0.2) is 10.8 Å². The minimum Gasteiger partial charge on any atom is -0.476 e. The SMILES string of the molecule is CC1(C)CC2(C)CC(C)(C)CC(Cn3cc(-c4ccc(N5CCc6cccc(C(=O)Nc7nc8ccccc8s7)c6C5)nc4C(=O)O)cn3)(C1)C2. The number of rotatable bonds is 7. The van der Waals surface area contributed by atoms with Crippen LogP contribution in [0.15, 0.2) is 67.0 Å². The summed E-state index contributed by atoms with van der Waals surface area (Å²) >= 11 is 1.45. The molecule has 2 saturated carbocycles. The number of benzene rings is 2. The molecule has 4 heterocycles. The smallest absolute Gasteiger partial charge is 0.355 e. The van der Waals surface area contributed by atoms with Gasteiger partial charge in [0.05, 0.1) is 16.4 Å². The molecule has 0 saturated heterocycles. The van der Waals surface area contributed by atoms with Crippen LogP contribution in [-0.4, -0.2) is 43.3 Å². The molecule has 0 radical (unpaired) electrons. The highest BCUT2D eigenvalue weighted by Gasteiger charge is 2.56. The van der Waals surface area contributed by atoms with Crippen LogP contribution in [0, 0.1) is 21.7 Å². The van der Waals surface area contributed by atoms with Crippen molar-refractivity contribution in [3.8, 4) is 11.1 Å². The lowest BCUT2D eigenvalue weighted by Crippen LogP contribution is -2.52. The zero-order chi connectivity index (χ0) is 35.8. The monoisotopic (exact) mass is 702 g/mol. The van der Waals surface area contributed by atoms with E-state index in [2.05, 4.69) is 55.9 Å². The van der Waals surface area contributed by atoms with Gasteiger partial charge >= 0.3 is 5.97 Å². The van der Waals surface area contributed by atoms with Gasteiger partial charge in [-0.1, -0.05) is 70.2 Å². The van der Waals surface area contributed by atoms with Crippen molar-refractivity contribution >= 4 is 44.4 Å². The first kappa shape index (κ1) is 33.6. The Morgan fingerprint density at radius 3 is 2.41 bits per heavy atom. The molecule has 0 unspecified atom stereocenters. The van der Waals surface area contributed by atoms with Gasteiger partial charge in [-0.3, -0.25) is 14.8 Å². The predicted molar refractivity (Wildman–Crippen MR) is 202 cm³/mol. The summed E-state index contributed by atoms with van der Waals surface area (Å²) in [5, 5.41) is 18.7. The molecule has 5 aromatic rings. The maximum absolute atomic E-state index is 13.6. The number of hydrogen-bond donors (Lipinski definition) is 2. The molecule has 3 aliphatic rings. The Morgan fingerprint density at radius 2 is 1.67 bits per heavy atom. The van der Waals surface area contributed by atoms with Crippen molar-refractivity contribution in [2.45, 2.75) is 86.2 Å². The van der Waals surface area contributed by atoms with Crippen LogP contribution in [0.3, 0.4) is 0 Å². The van der Waals surface area contributed by atoms with E-state index in [9.17, 15) is 14.7 Å². The first-order valence-corrected chi connectivity index (χ1v) is 18.8. The van der Waals surface area contributed by atoms with Crippen LogP contribution in [0.4, 0.5) is 10.9 Å². The van der Waals surface area contributed by atoms with Crippen molar-refractivity contribution in [1.29, 1.82) is 0 Å². The Kier molecular flexibility index (Phi) is 7.90. The van der Waals surface area contributed by atoms with E-state index in [4.69, 9.17) is 10.1 Å². The van der Waals surface area contributed by atoms with Gasteiger partial charge in [0, 0.05) is 42.5 Å². The van der Waals surface area contributed by atoms with E-state index in [1.165, 1.54) is 30.6 Å². The molecular weight excluding hydrogens is 657 g/mol. The summed E-state index contributed by atoms with van der Waals surface area (Å²) in [6.07, 6.45) is 10.5. The average Bonchev–Trinajstić information content (AvgIpc) is 3.67. The maximum Gasteiger partial charge on any atom is 0.355 e. The molecule has 9 nitrogen and oxygen atoms in total. The van der Waals surface area contributed by atoms with Gasteiger partial charge in [-0.2, -0.15) is 5.10 Å². The number of para-hydroxylation sites is 1. The Balaban J connectivity index is 1.03. The first-order valence-electron chi connectivity index (χ1n) is 18.0. The fraction of sp³-hybridized carbons (Fsp3) is 0.439. The lowest BCUT2D eigenvalue weighted by atomic mass is 9.45. The van der Waals surface area contributed by atoms with Crippen molar-refractivity contribution < 1.29 is 14.7 Å². The third-order valence-corrected chi connectivity index (χ3v) is 12.2. The van der Waals surface area contributed by atoms with Crippen molar-refractivity contribution in [2.75, 3.05) is 16.8 Å². The highest BCUT2D eigenvalue weighted by atomic mass is 32.1. The van der Waals surface area contributed by atoms with Crippen LogP contribution >= 0.6 is 11.3 Å². The molecule has 0 atom stereocenters. The van der Waals surface area contributed by atoms with Gasteiger partial charge in [-0.05, 0) is 102 Å². The molecule has 3 aromatic heterocycles. The van der Waals surface area contributed by atoms with Crippen molar-refractivity contribution in [1.82, 2.24) is 19.7 Å². The second-order valence-corrected chi connectivity index (χ2v) is 18.4. The summed E-state index contributed by atoms with van der Waals surface area (Å²) in [5.74, 6) is -0.718. The molecule has 2 N–H and O–H groups in total. The number of carboxylic acid groups (broad SMARTS) is 1. The minimum atomic E-state index is -1.08. The van der Waals surface area contributed by atoms with Crippen LogP contribution in [0.2, 0.25) is 0 Å². The molecule has 2 fully saturated rings. The largest absolute Gasteiger partial charge is 0.476 e. The number of anilines is 2. The highest BCUT2D eigenvalue weighted by Crippen LogP contribution is 2.65. The Labute approximate surface area is 303 Å². The summed E-state index contributed by atoms with van der Waals surface area (Å²) in [7, 11) is 0. The predicted octanol–water partition coefficient (Wildman–Crippen LogP) is 9.09. The Morgan fingerprint density at radius 1 is 0.902 bits per heavy atom. The topological polar surface area (TPSA) is 113 Å². The zero-order valence-electron chi connectivity index (χ0n) is 30.1. The average molecular weight is 703 g/mol. The molecule has 2 aliphatic carbocycles. The second kappa shape index (κ2) is 12.0. The third-order valence-electron chi connectivity index (χ3n) is 11.2. The number of nitrogens with one attached hydrogen (secondary N) is 1. The van der Waals surface area contributed by atoms with Crippen LogP contribution in [0.25, 0.3) is 21.3 Å². The van der Waals surface area contributed by atoms with Crippen molar-refractivity contribution in [2.24, 2.45) is 21.7 Å². The number of nitrogens with zero attached hydrogens (tertiary/aromatic N) is 5. The van der Waals surface area contributed by atoms with E-state index < -0.39 is 5.97 Å². The normalized spacial score (nSPS) is 23.5. The van der Waals surface area contributed by atoms with E-state index >= 15 is 0 Å². The fourth-order valence-corrected chi connectivity index (χ4v) is 11.8. The molecule has 2 bridgehead atoms. The van der Waals surface area contributed by atoms with Crippen LogP contribution in [-0.2, 0) is 19.5 Å². The number of fused-ring (bicyclic) bond motifs is 4. The minimum absolute atomic E-state index is 0.00282. The molecule has 1 amide bonds. The Bertz CT molecular complexity index is 2120. The van der Waals surface area contributed by atoms with Crippen molar-refractivity contribution in [3.63, 3.8) is 0 Å². The van der Waals surface area contributed by atoms with Gasteiger partial charge in [-0.25, -0.2) is 14.8 Å². The lowest BCUT2D eigenvalue weighted by molar-refractivity contribution is -0.109. The van der Waals surface area contributed by atoms with Gasteiger partial charge in [0.1, 0.15) is 5.82 Å². The number of aromatic carboxylic acids is 1. The van der Waals surface area contributed by atoms with E-state index in [0.717, 1.165) is 46.3 Å². The number of carbonyl (C=O) groups excluding carboxylic acids is 1. The first-order chi connectivity index (χ1) is 24.2. The third kappa shape index (κ3) is 6.54. The van der Waals surface area contributed by atoms with E-state index in [0.29, 0.717) is 47.0 Å². The summed E-state index contributed by atoms with van der Waals surface area (Å²) in [5.41, 5.74) is 5.77. The number of aromatic nitrogens is 4. The van der Waals surface area contributed by atoms with E-state index in [1.807, 2.05) is 59.4 Å². The van der Waals surface area contributed by atoms with Gasteiger partial charge in [-0.15, -0.1) is 0 Å². The maximum atomic E-state index is 13.6. The van der Waals surface area contributed by atoms with Crippen LogP contribution < -0.4 is 10.2 Å². The lowest BCUT2D eigenvalue weighted by Gasteiger charge is -2.61. The van der Waals surface area contributed by atoms with E-state index in [1.54, 1.807) is 6.20 Å². The van der Waals surface area contributed by atoms with E-state index in [-0.39, 0.29) is 27.8 Å². The number of pyridine rings is 1. The number of carboxylic acids is 1. The van der Waals surface area contributed by atoms with Gasteiger partial charge in [0.25, 0.3) is 5.91 Å². The number of carbonyl (C=O) groups is 2. The summed E-state index contributed by atoms with van der Waals surface area (Å²) in [6, 6.07) is 17.4. The molecule has 264 valence electrons. The number of hydrogen-bond acceptors (Lipinski definition) is 7. The highest BCUT2D eigenvalue weighted by molar-refractivity contribution is 7.22. The summed E-state index contributed by atoms with van der Waals surface area (Å²) < 4.78 is 3.06. The molecule has 8 rings (SSSR count). The molecule has 51 heavy (non-hydrogen) atoms. The molecule has 1 aliphatic heterocycles. The molecule has 2 aromatic carbocycles.